The third-order valence-corrected chi connectivity index (χ3v) is 4.98. The van der Waals surface area contributed by atoms with Gasteiger partial charge in [-0.05, 0) is 29.2 Å². The summed E-state index contributed by atoms with van der Waals surface area (Å²) in [6.45, 7) is 1.89. The molecule has 0 radical (unpaired) electrons. The Morgan fingerprint density at radius 2 is 1.63 bits per heavy atom. The van der Waals surface area contributed by atoms with E-state index >= 15 is 0 Å². The quantitative estimate of drug-likeness (QED) is 0.781. The number of amides is 1. The highest BCUT2D eigenvalue weighted by atomic mass is 16.5. The van der Waals surface area contributed by atoms with Crippen molar-refractivity contribution in [3.63, 3.8) is 0 Å². The van der Waals surface area contributed by atoms with Gasteiger partial charge >= 0.3 is 12.1 Å². The molecule has 0 spiro atoms. The Kier molecular flexibility index (Phi) is 5.76. The number of carboxylic acids is 1. The minimum atomic E-state index is -1.01. The number of methoxy groups -OCH3 is 1. The number of hydrogen-bond acceptors (Lipinski definition) is 4. The van der Waals surface area contributed by atoms with Crippen molar-refractivity contribution in [2.75, 3.05) is 13.7 Å². The summed E-state index contributed by atoms with van der Waals surface area (Å²) >= 11 is 0. The summed E-state index contributed by atoms with van der Waals surface area (Å²) in [7, 11) is 1.47. The lowest BCUT2D eigenvalue weighted by Crippen LogP contribution is -2.44. The molecule has 1 aliphatic carbocycles. The summed E-state index contributed by atoms with van der Waals surface area (Å²) in [5.41, 5.74) is 4.55. The van der Waals surface area contributed by atoms with Crippen LogP contribution in [-0.2, 0) is 14.3 Å². The Labute approximate surface area is 158 Å². The molecule has 2 N–H and O–H groups in total. The normalized spacial score (nSPS) is 14.7. The maximum absolute atomic E-state index is 12.3. The van der Waals surface area contributed by atoms with Gasteiger partial charge in [0.25, 0.3) is 0 Å². The second-order valence-electron chi connectivity index (χ2n) is 6.62. The van der Waals surface area contributed by atoms with E-state index in [1.165, 1.54) is 7.11 Å². The molecule has 142 valence electrons. The molecule has 2 aromatic rings. The first-order valence-corrected chi connectivity index (χ1v) is 8.87. The molecule has 0 saturated heterocycles. The van der Waals surface area contributed by atoms with Gasteiger partial charge in [-0.1, -0.05) is 48.5 Å². The van der Waals surface area contributed by atoms with Crippen molar-refractivity contribution in [2.24, 2.45) is 0 Å². The highest BCUT2D eigenvalue weighted by Gasteiger charge is 2.29. The van der Waals surface area contributed by atoms with Crippen LogP contribution >= 0.6 is 0 Å². The van der Waals surface area contributed by atoms with Crippen LogP contribution < -0.4 is 5.32 Å². The van der Waals surface area contributed by atoms with Crippen molar-refractivity contribution >= 4 is 12.1 Å². The molecule has 0 heterocycles. The molecule has 6 heteroatoms. The van der Waals surface area contributed by atoms with Crippen LogP contribution in [-0.4, -0.2) is 43.0 Å². The van der Waals surface area contributed by atoms with Gasteiger partial charge < -0.3 is 19.9 Å². The van der Waals surface area contributed by atoms with Crippen LogP contribution in [0.3, 0.4) is 0 Å². The number of carboxylic acid groups (broad SMARTS) is 1. The van der Waals surface area contributed by atoms with Crippen molar-refractivity contribution in [1.29, 1.82) is 0 Å². The van der Waals surface area contributed by atoms with Crippen molar-refractivity contribution in [3.8, 4) is 11.1 Å². The van der Waals surface area contributed by atoms with Gasteiger partial charge in [-0.2, -0.15) is 0 Å². The van der Waals surface area contributed by atoms with E-state index in [1.807, 2.05) is 36.4 Å². The number of aliphatic carboxylic acids is 1. The maximum atomic E-state index is 12.3. The number of ether oxygens (including phenoxy) is 2. The summed E-state index contributed by atoms with van der Waals surface area (Å²) in [6, 6.07) is 15.5. The maximum Gasteiger partial charge on any atom is 0.407 e. The molecule has 2 unspecified atom stereocenters. The van der Waals surface area contributed by atoms with Gasteiger partial charge in [0, 0.05) is 13.0 Å². The fourth-order valence-electron chi connectivity index (χ4n) is 3.48. The highest BCUT2D eigenvalue weighted by Crippen LogP contribution is 2.44. The summed E-state index contributed by atoms with van der Waals surface area (Å²) in [6.07, 6.45) is -1.33. The molecule has 1 aliphatic rings. The van der Waals surface area contributed by atoms with E-state index < -0.39 is 24.2 Å². The predicted molar refractivity (Wildman–Crippen MR) is 101 cm³/mol. The van der Waals surface area contributed by atoms with E-state index in [0.29, 0.717) is 0 Å². The van der Waals surface area contributed by atoms with Crippen LogP contribution in [0.1, 0.15) is 30.4 Å². The summed E-state index contributed by atoms with van der Waals surface area (Å²) < 4.78 is 10.6. The molecule has 0 saturated carbocycles. The molecular formula is C21H23NO5. The van der Waals surface area contributed by atoms with Crippen molar-refractivity contribution in [2.45, 2.75) is 31.4 Å². The fraction of sp³-hybridized carbons (Fsp3) is 0.333. The molecule has 2 aromatic carbocycles. The molecule has 0 bridgehead atoms. The van der Waals surface area contributed by atoms with E-state index in [1.54, 1.807) is 6.92 Å². The average Bonchev–Trinajstić information content (AvgIpc) is 2.99. The average molecular weight is 369 g/mol. The monoisotopic (exact) mass is 369 g/mol. The van der Waals surface area contributed by atoms with Crippen LogP contribution in [0.5, 0.6) is 0 Å². The molecule has 27 heavy (non-hydrogen) atoms. The molecular weight excluding hydrogens is 346 g/mol. The fourth-order valence-corrected chi connectivity index (χ4v) is 3.48. The van der Waals surface area contributed by atoms with Gasteiger partial charge in [-0.3, -0.25) is 4.79 Å². The first-order chi connectivity index (χ1) is 13.0. The number of carbonyl (C=O) groups is 2. The number of hydrogen-bond donors (Lipinski definition) is 2. The van der Waals surface area contributed by atoms with E-state index in [2.05, 4.69) is 17.4 Å². The Balaban J connectivity index is 1.69. The predicted octanol–water partition coefficient (Wildman–Crippen LogP) is 3.40. The molecule has 0 aromatic heterocycles. The van der Waals surface area contributed by atoms with Crippen LogP contribution in [0.15, 0.2) is 48.5 Å². The summed E-state index contributed by atoms with van der Waals surface area (Å²) in [5.74, 6) is -1.05. The number of nitrogens with one attached hydrogen (secondary N) is 1. The largest absolute Gasteiger partial charge is 0.481 e. The van der Waals surface area contributed by atoms with E-state index in [-0.39, 0.29) is 18.9 Å². The molecule has 1 amide bonds. The zero-order chi connectivity index (χ0) is 19.4. The third-order valence-electron chi connectivity index (χ3n) is 4.98. The Morgan fingerprint density at radius 3 is 2.15 bits per heavy atom. The second-order valence-corrected chi connectivity index (χ2v) is 6.62. The Bertz CT molecular complexity index is 789. The zero-order valence-corrected chi connectivity index (χ0v) is 15.3. The number of fused-ring (bicyclic) bond motifs is 3. The smallest absolute Gasteiger partial charge is 0.407 e. The summed E-state index contributed by atoms with van der Waals surface area (Å²) in [4.78, 5) is 23.3. The Hall–Kier alpha value is -2.86. The first-order valence-electron chi connectivity index (χ1n) is 8.87. The number of rotatable bonds is 7. The molecule has 0 aliphatic heterocycles. The van der Waals surface area contributed by atoms with E-state index in [0.717, 1.165) is 22.3 Å². The lowest BCUT2D eigenvalue weighted by atomic mass is 9.98. The minimum Gasteiger partial charge on any atom is -0.481 e. The first kappa shape index (κ1) is 18.9. The molecule has 3 rings (SSSR count). The number of carbonyl (C=O) groups excluding carboxylic acids is 1. The van der Waals surface area contributed by atoms with E-state index in [4.69, 9.17) is 14.6 Å². The van der Waals surface area contributed by atoms with Gasteiger partial charge in [-0.15, -0.1) is 0 Å². The lowest BCUT2D eigenvalue weighted by molar-refractivity contribution is -0.138. The van der Waals surface area contributed by atoms with Gasteiger partial charge in [0.2, 0.25) is 0 Å². The topological polar surface area (TPSA) is 84.9 Å². The van der Waals surface area contributed by atoms with Gasteiger partial charge in [0.1, 0.15) is 6.61 Å². The standard InChI is InChI=1S/C21H23NO5/c1-13(26-2)19(11-20(23)24)22-21(25)27-12-18-16-9-5-3-7-14(16)15-8-4-6-10-17(15)18/h3-10,13,18-19H,11-12H2,1-2H3,(H,22,25)(H,23,24). The van der Waals surface area contributed by atoms with Crippen LogP contribution in [0.4, 0.5) is 4.79 Å². The molecule has 6 nitrogen and oxygen atoms in total. The summed E-state index contributed by atoms with van der Waals surface area (Å²) in [5, 5.41) is 11.6. The number of benzene rings is 2. The van der Waals surface area contributed by atoms with Crippen LogP contribution in [0.2, 0.25) is 0 Å². The van der Waals surface area contributed by atoms with Gasteiger partial charge in [0.05, 0.1) is 18.6 Å². The van der Waals surface area contributed by atoms with Gasteiger partial charge in [0.15, 0.2) is 0 Å². The number of alkyl carbamates (subject to hydrolysis) is 1. The van der Waals surface area contributed by atoms with Gasteiger partial charge in [-0.25, -0.2) is 4.79 Å². The Morgan fingerprint density at radius 1 is 1.07 bits per heavy atom. The van der Waals surface area contributed by atoms with Crippen LogP contribution in [0.25, 0.3) is 11.1 Å². The molecule has 2 atom stereocenters. The SMILES string of the molecule is COC(C)C(CC(=O)O)NC(=O)OCC1c2ccccc2-c2ccccc21. The van der Waals surface area contributed by atoms with Crippen molar-refractivity contribution < 1.29 is 24.2 Å². The van der Waals surface area contributed by atoms with Crippen LogP contribution in [0, 0.1) is 0 Å². The van der Waals surface area contributed by atoms with Crippen molar-refractivity contribution in [3.05, 3.63) is 59.7 Å². The van der Waals surface area contributed by atoms with E-state index in [9.17, 15) is 9.59 Å². The highest BCUT2D eigenvalue weighted by molar-refractivity contribution is 5.79. The third kappa shape index (κ3) is 4.11. The lowest BCUT2D eigenvalue weighted by Gasteiger charge is -2.23. The van der Waals surface area contributed by atoms with Crippen molar-refractivity contribution in [1.82, 2.24) is 5.32 Å². The second kappa shape index (κ2) is 8.22. The molecule has 0 fully saturated rings. The zero-order valence-electron chi connectivity index (χ0n) is 15.3. The minimum absolute atomic E-state index is 0.0408.